The number of rotatable bonds is 4. The summed E-state index contributed by atoms with van der Waals surface area (Å²) in [4.78, 5) is 4.05. The predicted octanol–water partition coefficient (Wildman–Crippen LogP) is 0.582. The molecule has 1 unspecified atom stereocenters. The van der Waals surface area contributed by atoms with E-state index in [1.54, 1.807) is 18.5 Å². The van der Waals surface area contributed by atoms with Gasteiger partial charge in [-0.3, -0.25) is 4.98 Å². The molecule has 0 aliphatic heterocycles. The molecule has 0 saturated heterocycles. The van der Waals surface area contributed by atoms with E-state index in [9.17, 15) is 5.11 Å². The summed E-state index contributed by atoms with van der Waals surface area (Å²) in [5.41, 5.74) is 7.40. The van der Waals surface area contributed by atoms with Crippen LogP contribution in [0.4, 0.5) is 11.4 Å². The quantitative estimate of drug-likeness (QED) is 0.580. The third-order valence-electron chi connectivity index (χ3n) is 2.59. The maximum Gasteiger partial charge on any atom is 0.0942 e. The topological polar surface area (TPSA) is 91.4 Å². The fourth-order valence-corrected chi connectivity index (χ4v) is 1.66. The second kappa shape index (κ2) is 4.99. The number of nitrogens with two attached hydrogens (primary N) is 1. The predicted molar refractivity (Wildman–Crippen MR) is 67.7 cm³/mol. The number of anilines is 2. The molecule has 0 spiro atoms. The van der Waals surface area contributed by atoms with Gasteiger partial charge in [-0.15, -0.1) is 0 Å². The SMILES string of the molecule is Nc1ccc(NCC(O)CO)c2cnccc12. The minimum atomic E-state index is -0.778. The minimum absolute atomic E-state index is 0.266. The van der Waals surface area contributed by atoms with E-state index in [1.165, 1.54) is 0 Å². The van der Waals surface area contributed by atoms with Crippen LogP contribution in [0.1, 0.15) is 0 Å². The molecule has 0 fully saturated rings. The summed E-state index contributed by atoms with van der Waals surface area (Å²) in [6.45, 7) is 0.0164. The molecule has 5 heteroatoms. The van der Waals surface area contributed by atoms with E-state index >= 15 is 0 Å². The summed E-state index contributed by atoms with van der Waals surface area (Å²) in [5, 5.41) is 22.9. The Morgan fingerprint density at radius 3 is 2.88 bits per heavy atom. The molecule has 1 aromatic carbocycles. The number of nitrogens with zero attached hydrogens (tertiary/aromatic N) is 1. The van der Waals surface area contributed by atoms with Gasteiger partial charge in [0.25, 0.3) is 0 Å². The second-order valence-corrected chi connectivity index (χ2v) is 3.84. The van der Waals surface area contributed by atoms with E-state index in [4.69, 9.17) is 10.8 Å². The van der Waals surface area contributed by atoms with Crippen molar-refractivity contribution in [2.75, 3.05) is 24.2 Å². The fraction of sp³-hybridized carbons (Fsp3) is 0.250. The number of pyridine rings is 1. The fourth-order valence-electron chi connectivity index (χ4n) is 1.66. The molecule has 5 nitrogen and oxygen atoms in total. The molecule has 90 valence electrons. The number of fused-ring (bicyclic) bond motifs is 1. The number of aliphatic hydroxyl groups is 2. The molecule has 2 aromatic rings. The van der Waals surface area contributed by atoms with Gasteiger partial charge in [0, 0.05) is 41.1 Å². The second-order valence-electron chi connectivity index (χ2n) is 3.84. The molecule has 1 heterocycles. The molecule has 5 N–H and O–H groups in total. The summed E-state index contributed by atoms with van der Waals surface area (Å²) >= 11 is 0. The van der Waals surface area contributed by atoms with Crippen LogP contribution in [0, 0.1) is 0 Å². The Morgan fingerprint density at radius 2 is 2.12 bits per heavy atom. The Balaban J connectivity index is 2.32. The number of nitrogens with one attached hydrogen (secondary N) is 1. The number of hydrogen-bond donors (Lipinski definition) is 4. The average Bonchev–Trinajstić information content (AvgIpc) is 2.38. The van der Waals surface area contributed by atoms with Crippen molar-refractivity contribution in [3.05, 3.63) is 30.6 Å². The van der Waals surface area contributed by atoms with Crippen LogP contribution in [-0.4, -0.2) is 34.5 Å². The molecular weight excluding hydrogens is 218 g/mol. The van der Waals surface area contributed by atoms with E-state index in [0.717, 1.165) is 16.5 Å². The van der Waals surface area contributed by atoms with Crippen LogP contribution in [0.15, 0.2) is 30.6 Å². The van der Waals surface area contributed by atoms with Crippen molar-refractivity contribution >= 4 is 22.1 Å². The summed E-state index contributed by atoms with van der Waals surface area (Å²) in [7, 11) is 0. The molecule has 0 aliphatic rings. The largest absolute Gasteiger partial charge is 0.398 e. The van der Waals surface area contributed by atoms with E-state index < -0.39 is 6.10 Å². The average molecular weight is 233 g/mol. The van der Waals surface area contributed by atoms with Gasteiger partial charge in [0.05, 0.1) is 12.7 Å². The summed E-state index contributed by atoms with van der Waals surface area (Å²) in [6, 6.07) is 5.48. The van der Waals surface area contributed by atoms with E-state index in [-0.39, 0.29) is 13.2 Å². The normalized spacial score (nSPS) is 12.6. The van der Waals surface area contributed by atoms with Gasteiger partial charge in [-0.1, -0.05) is 0 Å². The zero-order valence-corrected chi connectivity index (χ0v) is 9.30. The lowest BCUT2D eigenvalue weighted by Gasteiger charge is -2.13. The lowest BCUT2D eigenvalue weighted by molar-refractivity contribution is 0.105. The highest BCUT2D eigenvalue weighted by molar-refractivity contribution is 6.00. The maximum atomic E-state index is 9.29. The van der Waals surface area contributed by atoms with Gasteiger partial charge in [-0.2, -0.15) is 0 Å². The van der Waals surface area contributed by atoms with Gasteiger partial charge < -0.3 is 21.3 Å². The highest BCUT2D eigenvalue weighted by atomic mass is 16.3. The first-order valence-electron chi connectivity index (χ1n) is 5.37. The van der Waals surface area contributed by atoms with E-state index in [1.807, 2.05) is 12.1 Å². The molecule has 0 bridgehead atoms. The molecular formula is C12H15N3O2. The third-order valence-corrected chi connectivity index (χ3v) is 2.59. The first-order valence-corrected chi connectivity index (χ1v) is 5.37. The highest BCUT2D eigenvalue weighted by Gasteiger charge is 2.06. The summed E-state index contributed by atoms with van der Waals surface area (Å²) in [6.07, 6.45) is 2.63. The monoisotopic (exact) mass is 233 g/mol. The number of nitrogen functional groups attached to an aromatic ring is 1. The van der Waals surface area contributed by atoms with Crippen molar-refractivity contribution in [3.63, 3.8) is 0 Å². The molecule has 17 heavy (non-hydrogen) atoms. The van der Waals surface area contributed by atoms with E-state index in [0.29, 0.717) is 5.69 Å². The van der Waals surface area contributed by atoms with Gasteiger partial charge in [0.15, 0.2) is 0 Å². The third kappa shape index (κ3) is 2.46. The summed E-state index contributed by atoms with van der Waals surface area (Å²) < 4.78 is 0. The molecule has 2 rings (SSSR count). The number of aliphatic hydroxyl groups excluding tert-OH is 2. The van der Waals surface area contributed by atoms with Gasteiger partial charge in [-0.25, -0.2) is 0 Å². The Morgan fingerprint density at radius 1 is 1.29 bits per heavy atom. The zero-order valence-electron chi connectivity index (χ0n) is 9.30. The molecule has 0 saturated carbocycles. The lowest BCUT2D eigenvalue weighted by atomic mass is 10.1. The van der Waals surface area contributed by atoms with Gasteiger partial charge in [-0.05, 0) is 18.2 Å². The van der Waals surface area contributed by atoms with Crippen molar-refractivity contribution in [2.45, 2.75) is 6.10 Å². The van der Waals surface area contributed by atoms with Crippen LogP contribution in [0.5, 0.6) is 0 Å². The standard InChI is InChI=1S/C12H15N3O2/c13-11-1-2-12(15-5-8(17)7-16)10-6-14-4-3-9(10)11/h1-4,6,8,15-17H,5,7,13H2. The first-order chi connectivity index (χ1) is 8.22. The Hall–Kier alpha value is -1.85. The smallest absolute Gasteiger partial charge is 0.0942 e. The molecule has 0 radical (unpaired) electrons. The first kappa shape index (κ1) is 11.6. The van der Waals surface area contributed by atoms with Crippen molar-refractivity contribution in [1.29, 1.82) is 0 Å². The van der Waals surface area contributed by atoms with Crippen LogP contribution in [0.25, 0.3) is 10.8 Å². The minimum Gasteiger partial charge on any atom is -0.398 e. The molecule has 0 amide bonds. The van der Waals surface area contributed by atoms with Gasteiger partial charge in [0.1, 0.15) is 0 Å². The molecule has 1 aromatic heterocycles. The van der Waals surface area contributed by atoms with Crippen LogP contribution in [-0.2, 0) is 0 Å². The van der Waals surface area contributed by atoms with Crippen LogP contribution in [0.2, 0.25) is 0 Å². The zero-order chi connectivity index (χ0) is 12.3. The highest BCUT2D eigenvalue weighted by Crippen LogP contribution is 2.27. The maximum absolute atomic E-state index is 9.29. The van der Waals surface area contributed by atoms with Gasteiger partial charge in [0.2, 0.25) is 0 Å². The van der Waals surface area contributed by atoms with Crippen molar-refractivity contribution in [3.8, 4) is 0 Å². The number of hydrogen-bond acceptors (Lipinski definition) is 5. The number of aromatic nitrogens is 1. The summed E-state index contributed by atoms with van der Waals surface area (Å²) in [5.74, 6) is 0. The Bertz CT molecular complexity index is 516. The van der Waals surface area contributed by atoms with Crippen molar-refractivity contribution in [2.24, 2.45) is 0 Å². The van der Waals surface area contributed by atoms with Gasteiger partial charge >= 0.3 is 0 Å². The number of benzene rings is 1. The van der Waals surface area contributed by atoms with E-state index in [2.05, 4.69) is 10.3 Å². The molecule has 1 atom stereocenters. The lowest BCUT2D eigenvalue weighted by Crippen LogP contribution is -2.23. The Kier molecular flexibility index (Phi) is 3.41. The van der Waals surface area contributed by atoms with Crippen molar-refractivity contribution in [1.82, 2.24) is 4.98 Å². The van der Waals surface area contributed by atoms with Crippen molar-refractivity contribution < 1.29 is 10.2 Å². The van der Waals surface area contributed by atoms with Crippen LogP contribution < -0.4 is 11.1 Å². The Labute approximate surface area is 98.9 Å². The van der Waals surface area contributed by atoms with Crippen LogP contribution in [0.3, 0.4) is 0 Å². The molecule has 0 aliphatic carbocycles. The van der Waals surface area contributed by atoms with Crippen LogP contribution >= 0.6 is 0 Å².